The van der Waals surface area contributed by atoms with Gasteiger partial charge in [0.2, 0.25) is 0 Å². The third kappa shape index (κ3) is 3.47. The normalized spacial score (nSPS) is 13.2. The van der Waals surface area contributed by atoms with E-state index in [-0.39, 0.29) is 29.7 Å². The average molecular weight is 232 g/mol. The highest BCUT2D eigenvalue weighted by atomic mass is 35.5. The van der Waals surface area contributed by atoms with E-state index in [0.717, 1.165) is 5.56 Å². The molecule has 1 rings (SSSR count). The number of hydrogen-bond donors (Lipinski definition) is 1. The molecule has 1 nitrogen and oxygen atoms in total. The fraction of sp³-hybridized carbons (Fsp3) is 0.500. The number of rotatable bonds is 1. The van der Waals surface area contributed by atoms with Gasteiger partial charge in [-0.2, -0.15) is 0 Å². The summed E-state index contributed by atoms with van der Waals surface area (Å²) in [4.78, 5) is 0. The molecule has 0 bridgehead atoms. The van der Waals surface area contributed by atoms with Crippen LogP contribution < -0.4 is 5.73 Å². The summed E-state index contributed by atoms with van der Waals surface area (Å²) in [6.07, 6.45) is 0. The lowest BCUT2D eigenvalue weighted by atomic mass is 9.85. The van der Waals surface area contributed by atoms with Crippen molar-refractivity contribution in [2.45, 2.75) is 39.2 Å². The van der Waals surface area contributed by atoms with Crippen molar-refractivity contribution in [3.05, 3.63) is 35.1 Å². The lowest BCUT2D eigenvalue weighted by Crippen LogP contribution is -2.14. The Kier molecular flexibility index (Phi) is 4.75. The molecule has 1 aromatic carbocycles. The highest BCUT2D eigenvalue weighted by molar-refractivity contribution is 5.85. The van der Waals surface area contributed by atoms with E-state index < -0.39 is 0 Å². The van der Waals surface area contributed by atoms with Crippen molar-refractivity contribution in [3.63, 3.8) is 0 Å². The van der Waals surface area contributed by atoms with E-state index in [4.69, 9.17) is 5.73 Å². The van der Waals surface area contributed by atoms with Crippen LogP contribution in [-0.2, 0) is 5.41 Å². The van der Waals surface area contributed by atoms with Crippen LogP contribution in [-0.4, -0.2) is 0 Å². The fourth-order valence-corrected chi connectivity index (χ4v) is 1.36. The van der Waals surface area contributed by atoms with Crippen LogP contribution in [0.1, 0.15) is 44.9 Å². The fourth-order valence-electron chi connectivity index (χ4n) is 1.36. The molecule has 0 spiro atoms. The van der Waals surface area contributed by atoms with Crippen LogP contribution in [0.25, 0.3) is 0 Å². The second kappa shape index (κ2) is 4.95. The SMILES string of the molecule is C[C@H](N)c1cc(C(C)(C)C)ccc1F.Cl. The van der Waals surface area contributed by atoms with Crippen molar-refractivity contribution in [1.29, 1.82) is 0 Å². The number of hydrogen-bond acceptors (Lipinski definition) is 1. The van der Waals surface area contributed by atoms with E-state index in [1.54, 1.807) is 6.92 Å². The maximum Gasteiger partial charge on any atom is 0.127 e. The Balaban J connectivity index is 0.00000196. The summed E-state index contributed by atoms with van der Waals surface area (Å²) >= 11 is 0. The first-order valence-electron chi connectivity index (χ1n) is 4.88. The minimum Gasteiger partial charge on any atom is -0.324 e. The van der Waals surface area contributed by atoms with Crippen molar-refractivity contribution in [2.75, 3.05) is 0 Å². The maximum atomic E-state index is 13.3. The van der Waals surface area contributed by atoms with Gasteiger partial charge in [0.1, 0.15) is 5.82 Å². The van der Waals surface area contributed by atoms with Crippen molar-refractivity contribution < 1.29 is 4.39 Å². The molecule has 0 aromatic heterocycles. The zero-order valence-electron chi connectivity index (χ0n) is 9.67. The molecule has 3 heteroatoms. The van der Waals surface area contributed by atoms with Crippen LogP contribution in [0.15, 0.2) is 18.2 Å². The van der Waals surface area contributed by atoms with E-state index in [1.807, 2.05) is 12.1 Å². The molecular formula is C12H19ClFN. The van der Waals surface area contributed by atoms with Crippen LogP contribution >= 0.6 is 12.4 Å². The predicted molar refractivity (Wildman–Crippen MR) is 65.0 cm³/mol. The molecular weight excluding hydrogens is 213 g/mol. The Morgan fingerprint density at radius 2 is 1.80 bits per heavy atom. The Morgan fingerprint density at radius 3 is 2.20 bits per heavy atom. The first-order valence-corrected chi connectivity index (χ1v) is 4.88. The zero-order chi connectivity index (χ0) is 10.9. The van der Waals surface area contributed by atoms with Gasteiger partial charge >= 0.3 is 0 Å². The van der Waals surface area contributed by atoms with Gasteiger partial charge in [0.25, 0.3) is 0 Å². The molecule has 0 aliphatic rings. The molecule has 1 atom stereocenters. The number of nitrogens with two attached hydrogens (primary N) is 1. The monoisotopic (exact) mass is 231 g/mol. The highest BCUT2D eigenvalue weighted by Crippen LogP contribution is 2.26. The molecule has 0 unspecified atom stereocenters. The van der Waals surface area contributed by atoms with Gasteiger partial charge in [0, 0.05) is 11.6 Å². The molecule has 0 saturated carbocycles. The van der Waals surface area contributed by atoms with Crippen LogP contribution in [0.5, 0.6) is 0 Å². The van der Waals surface area contributed by atoms with Crippen LogP contribution in [0, 0.1) is 5.82 Å². The molecule has 0 aliphatic heterocycles. The summed E-state index contributed by atoms with van der Waals surface area (Å²) in [5.41, 5.74) is 7.44. The van der Waals surface area contributed by atoms with Gasteiger partial charge in [-0.05, 0) is 24.0 Å². The first kappa shape index (κ1) is 14.4. The van der Waals surface area contributed by atoms with E-state index in [0.29, 0.717) is 5.56 Å². The molecule has 0 saturated heterocycles. The maximum absolute atomic E-state index is 13.3. The number of halogens is 2. The second-order valence-electron chi connectivity index (χ2n) is 4.77. The summed E-state index contributed by atoms with van der Waals surface area (Å²) < 4.78 is 13.3. The first-order chi connectivity index (χ1) is 6.32. The van der Waals surface area contributed by atoms with Gasteiger partial charge in [-0.25, -0.2) is 4.39 Å². The quantitative estimate of drug-likeness (QED) is 0.786. The zero-order valence-corrected chi connectivity index (χ0v) is 10.5. The van der Waals surface area contributed by atoms with E-state index >= 15 is 0 Å². The topological polar surface area (TPSA) is 26.0 Å². The van der Waals surface area contributed by atoms with Crippen molar-refractivity contribution in [3.8, 4) is 0 Å². The minimum absolute atomic E-state index is 0. The Labute approximate surface area is 97.3 Å². The molecule has 0 fully saturated rings. The van der Waals surface area contributed by atoms with Gasteiger partial charge in [0.15, 0.2) is 0 Å². The summed E-state index contributed by atoms with van der Waals surface area (Å²) in [5.74, 6) is -0.215. The Hall–Kier alpha value is -0.600. The number of benzene rings is 1. The van der Waals surface area contributed by atoms with E-state index in [2.05, 4.69) is 20.8 Å². The Bertz CT molecular complexity index is 329. The average Bonchev–Trinajstić information content (AvgIpc) is 2.02. The molecule has 86 valence electrons. The van der Waals surface area contributed by atoms with Gasteiger partial charge in [-0.3, -0.25) is 0 Å². The molecule has 2 N–H and O–H groups in total. The van der Waals surface area contributed by atoms with E-state index in [1.165, 1.54) is 6.07 Å². The molecule has 0 aliphatic carbocycles. The lowest BCUT2D eigenvalue weighted by molar-refractivity contribution is 0.568. The standard InChI is InChI=1S/C12H18FN.ClH/c1-8(14)10-7-9(12(2,3)4)5-6-11(10)13;/h5-8H,14H2,1-4H3;1H/t8-;/m0./s1. The van der Waals surface area contributed by atoms with Gasteiger partial charge in [0.05, 0.1) is 0 Å². The second-order valence-corrected chi connectivity index (χ2v) is 4.77. The van der Waals surface area contributed by atoms with Crippen molar-refractivity contribution >= 4 is 12.4 Å². The molecule has 0 radical (unpaired) electrons. The third-order valence-electron chi connectivity index (χ3n) is 2.35. The van der Waals surface area contributed by atoms with Crippen LogP contribution in [0.4, 0.5) is 4.39 Å². The largest absolute Gasteiger partial charge is 0.324 e. The highest BCUT2D eigenvalue weighted by Gasteiger charge is 2.16. The smallest absolute Gasteiger partial charge is 0.127 e. The summed E-state index contributed by atoms with van der Waals surface area (Å²) in [6, 6.07) is 4.93. The van der Waals surface area contributed by atoms with Crippen LogP contribution in [0.3, 0.4) is 0 Å². The van der Waals surface area contributed by atoms with Gasteiger partial charge in [-0.1, -0.05) is 32.9 Å². The van der Waals surface area contributed by atoms with Crippen LogP contribution in [0.2, 0.25) is 0 Å². The van der Waals surface area contributed by atoms with E-state index in [9.17, 15) is 4.39 Å². The minimum atomic E-state index is -0.253. The van der Waals surface area contributed by atoms with Gasteiger partial charge in [-0.15, -0.1) is 12.4 Å². The summed E-state index contributed by atoms with van der Waals surface area (Å²) in [7, 11) is 0. The lowest BCUT2D eigenvalue weighted by Gasteiger charge is -2.20. The molecule has 0 amide bonds. The molecule has 1 aromatic rings. The Morgan fingerprint density at radius 1 is 1.27 bits per heavy atom. The van der Waals surface area contributed by atoms with Crippen molar-refractivity contribution in [2.24, 2.45) is 5.73 Å². The summed E-state index contributed by atoms with van der Waals surface area (Å²) in [5, 5.41) is 0. The van der Waals surface area contributed by atoms with Crippen molar-refractivity contribution in [1.82, 2.24) is 0 Å². The predicted octanol–water partition coefficient (Wildman–Crippen LogP) is 3.56. The molecule has 15 heavy (non-hydrogen) atoms. The third-order valence-corrected chi connectivity index (χ3v) is 2.35. The molecule has 0 heterocycles. The van der Waals surface area contributed by atoms with Gasteiger partial charge < -0.3 is 5.73 Å². The summed E-state index contributed by atoms with van der Waals surface area (Å²) in [6.45, 7) is 8.10.